The fourth-order valence-corrected chi connectivity index (χ4v) is 2.03. The molecule has 0 heterocycles. The maximum absolute atomic E-state index is 10.2. The van der Waals surface area contributed by atoms with E-state index in [4.69, 9.17) is 14.9 Å². The molecule has 1 fully saturated rings. The van der Waals surface area contributed by atoms with Crippen molar-refractivity contribution in [2.45, 2.75) is 25.7 Å². The second-order valence-corrected chi connectivity index (χ2v) is 3.99. The quantitative estimate of drug-likeness (QED) is 0.694. The number of carboxylic acids is 1. The predicted molar refractivity (Wildman–Crippen MR) is 51.0 cm³/mol. The SMILES string of the molecule is O=C(O)COCC1CCCC(CO)C1. The van der Waals surface area contributed by atoms with E-state index in [0.717, 1.165) is 25.7 Å². The van der Waals surface area contributed by atoms with Crippen LogP contribution in [0.15, 0.2) is 0 Å². The Kier molecular flexibility index (Phi) is 4.90. The van der Waals surface area contributed by atoms with Crippen molar-refractivity contribution in [2.75, 3.05) is 19.8 Å². The molecule has 1 rings (SSSR count). The monoisotopic (exact) mass is 202 g/mol. The molecule has 2 unspecified atom stereocenters. The number of carboxylic acid groups (broad SMARTS) is 1. The number of ether oxygens (including phenoxy) is 1. The van der Waals surface area contributed by atoms with Crippen molar-refractivity contribution in [3.05, 3.63) is 0 Å². The van der Waals surface area contributed by atoms with Gasteiger partial charge in [-0.05, 0) is 31.1 Å². The summed E-state index contributed by atoms with van der Waals surface area (Å²) in [5, 5.41) is 17.4. The minimum atomic E-state index is -0.917. The highest BCUT2D eigenvalue weighted by molar-refractivity contribution is 5.67. The van der Waals surface area contributed by atoms with Crippen LogP contribution in [0.2, 0.25) is 0 Å². The number of aliphatic hydroxyl groups excluding tert-OH is 1. The maximum Gasteiger partial charge on any atom is 0.329 e. The Bertz CT molecular complexity index is 181. The number of hydrogen-bond acceptors (Lipinski definition) is 3. The molecule has 0 aromatic rings. The van der Waals surface area contributed by atoms with Crippen molar-refractivity contribution in [1.82, 2.24) is 0 Å². The third kappa shape index (κ3) is 4.07. The molecule has 0 amide bonds. The van der Waals surface area contributed by atoms with E-state index in [2.05, 4.69) is 0 Å². The lowest BCUT2D eigenvalue weighted by atomic mass is 9.82. The third-order valence-electron chi connectivity index (χ3n) is 2.73. The van der Waals surface area contributed by atoms with Gasteiger partial charge in [-0.25, -0.2) is 4.79 Å². The largest absolute Gasteiger partial charge is 0.480 e. The van der Waals surface area contributed by atoms with E-state index < -0.39 is 5.97 Å². The molecule has 0 aromatic carbocycles. The molecule has 2 atom stereocenters. The lowest BCUT2D eigenvalue weighted by molar-refractivity contribution is -0.142. The van der Waals surface area contributed by atoms with Gasteiger partial charge < -0.3 is 14.9 Å². The van der Waals surface area contributed by atoms with Gasteiger partial charge in [-0.1, -0.05) is 6.42 Å². The Morgan fingerprint density at radius 3 is 2.71 bits per heavy atom. The summed E-state index contributed by atoms with van der Waals surface area (Å²) in [6.45, 7) is 0.554. The first-order valence-electron chi connectivity index (χ1n) is 5.12. The summed E-state index contributed by atoms with van der Waals surface area (Å²) in [5.41, 5.74) is 0. The molecule has 1 aliphatic carbocycles. The zero-order valence-electron chi connectivity index (χ0n) is 8.32. The van der Waals surface area contributed by atoms with Crippen LogP contribution in [0.4, 0.5) is 0 Å². The first-order valence-corrected chi connectivity index (χ1v) is 5.12. The molecule has 4 heteroatoms. The number of carbonyl (C=O) groups is 1. The highest BCUT2D eigenvalue weighted by Crippen LogP contribution is 2.28. The molecule has 0 aliphatic heterocycles. The average Bonchev–Trinajstić information content (AvgIpc) is 2.18. The van der Waals surface area contributed by atoms with E-state index in [9.17, 15) is 4.79 Å². The molecule has 0 saturated heterocycles. The summed E-state index contributed by atoms with van der Waals surface area (Å²) in [4.78, 5) is 10.2. The van der Waals surface area contributed by atoms with Gasteiger partial charge in [0.25, 0.3) is 0 Å². The molecule has 0 aromatic heterocycles. The van der Waals surface area contributed by atoms with Gasteiger partial charge in [0.2, 0.25) is 0 Å². The average molecular weight is 202 g/mol. The van der Waals surface area contributed by atoms with Gasteiger partial charge in [-0.3, -0.25) is 0 Å². The van der Waals surface area contributed by atoms with Gasteiger partial charge in [-0.15, -0.1) is 0 Å². The standard InChI is InChI=1S/C10H18O4/c11-5-8-2-1-3-9(4-8)6-14-7-10(12)13/h8-9,11H,1-7H2,(H,12,13). The van der Waals surface area contributed by atoms with E-state index in [1.807, 2.05) is 0 Å². The van der Waals surface area contributed by atoms with Crippen LogP contribution in [-0.2, 0) is 9.53 Å². The van der Waals surface area contributed by atoms with Crippen LogP contribution < -0.4 is 0 Å². The van der Waals surface area contributed by atoms with Crippen molar-refractivity contribution in [3.63, 3.8) is 0 Å². The minimum absolute atomic E-state index is 0.208. The number of hydrogen-bond donors (Lipinski definition) is 2. The number of rotatable bonds is 5. The summed E-state index contributed by atoms with van der Waals surface area (Å²) in [6, 6.07) is 0. The molecule has 0 bridgehead atoms. The van der Waals surface area contributed by atoms with Crippen molar-refractivity contribution < 1.29 is 19.7 Å². The normalized spacial score (nSPS) is 27.5. The Balaban J connectivity index is 2.14. The van der Waals surface area contributed by atoms with Crippen LogP contribution >= 0.6 is 0 Å². The summed E-state index contributed by atoms with van der Waals surface area (Å²) in [6.07, 6.45) is 4.27. The molecular formula is C10H18O4. The Morgan fingerprint density at radius 2 is 2.07 bits per heavy atom. The number of aliphatic carboxylic acids is 1. The van der Waals surface area contributed by atoms with Gasteiger partial charge in [0.15, 0.2) is 0 Å². The second-order valence-electron chi connectivity index (χ2n) is 3.99. The first-order chi connectivity index (χ1) is 6.72. The van der Waals surface area contributed by atoms with Crippen LogP contribution in [0.3, 0.4) is 0 Å². The molecule has 82 valence electrons. The lowest BCUT2D eigenvalue weighted by Gasteiger charge is -2.27. The van der Waals surface area contributed by atoms with Crippen LogP contribution in [0.25, 0.3) is 0 Å². The van der Waals surface area contributed by atoms with Crippen LogP contribution in [0.5, 0.6) is 0 Å². The Labute approximate surface area is 83.9 Å². The van der Waals surface area contributed by atoms with Crippen LogP contribution in [-0.4, -0.2) is 36.0 Å². The van der Waals surface area contributed by atoms with Crippen molar-refractivity contribution >= 4 is 5.97 Å². The zero-order valence-corrected chi connectivity index (χ0v) is 8.32. The van der Waals surface area contributed by atoms with Gasteiger partial charge in [0.1, 0.15) is 6.61 Å². The fourth-order valence-electron chi connectivity index (χ4n) is 2.03. The second kappa shape index (κ2) is 5.98. The predicted octanol–water partition coefficient (Wildman–Crippen LogP) is 0.886. The summed E-state index contributed by atoms with van der Waals surface area (Å²) in [5.74, 6) is -0.0954. The highest BCUT2D eigenvalue weighted by atomic mass is 16.5. The van der Waals surface area contributed by atoms with Gasteiger partial charge in [-0.2, -0.15) is 0 Å². The van der Waals surface area contributed by atoms with Gasteiger partial charge in [0, 0.05) is 6.61 Å². The molecule has 14 heavy (non-hydrogen) atoms. The number of aliphatic hydroxyl groups is 1. The smallest absolute Gasteiger partial charge is 0.329 e. The lowest BCUT2D eigenvalue weighted by Crippen LogP contribution is -2.23. The van der Waals surface area contributed by atoms with E-state index in [1.54, 1.807) is 0 Å². The summed E-state index contributed by atoms with van der Waals surface area (Å²) < 4.78 is 5.05. The molecule has 4 nitrogen and oxygen atoms in total. The van der Waals surface area contributed by atoms with Gasteiger partial charge >= 0.3 is 5.97 Å². The van der Waals surface area contributed by atoms with Crippen LogP contribution in [0.1, 0.15) is 25.7 Å². The Morgan fingerprint density at radius 1 is 1.36 bits per heavy atom. The zero-order chi connectivity index (χ0) is 10.4. The van der Waals surface area contributed by atoms with Gasteiger partial charge in [0.05, 0.1) is 6.61 Å². The summed E-state index contributed by atoms with van der Waals surface area (Å²) >= 11 is 0. The molecule has 1 saturated carbocycles. The van der Waals surface area contributed by atoms with E-state index >= 15 is 0 Å². The molecule has 0 radical (unpaired) electrons. The minimum Gasteiger partial charge on any atom is -0.480 e. The van der Waals surface area contributed by atoms with Crippen molar-refractivity contribution in [3.8, 4) is 0 Å². The van der Waals surface area contributed by atoms with E-state index in [1.165, 1.54) is 0 Å². The van der Waals surface area contributed by atoms with Crippen molar-refractivity contribution in [2.24, 2.45) is 11.8 Å². The Hall–Kier alpha value is -0.610. The molecular weight excluding hydrogens is 184 g/mol. The third-order valence-corrected chi connectivity index (χ3v) is 2.73. The summed E-state index contributed by atoms with van der Waals surface area (Å²) in [7, 11) is 0. The van der Waals surface area contributed by atoms with Crippen molar-refractivity contribution in [1.29, 1.82) is 0 Å². The molecule has 1 aliphatic rings. The van der Waals surface area contributed by atoms with Crippen LogP contribution in [0, 0.1) is 11.8 Å². The fraction of sp³-hybridized carbons (Fsp3) is 0.900. The molecule has 2 N–H and O–H groups in total. The van der Waals surface area contributed by atoms with E-state index in [0.29, 0.717) is 18.4 Å². The van der Waals surface area contributed by atoms with E-state index in [-0.39, 0.29) is 13.2 Å². The first kappa shape index (κ1) is 11.5. The maximum atomic E-state index is 10.2. The topological polar surface area (TPSA) is 66.8 Å². The molecule has 0 spiro atoms. The highest BCUT2D eigenvalue weighted by Gasteiger charge is 2.21.